The van der Waals surface area contributed by atoms with Crippen molar-refractivity contribution in [2.24, 2.45) is 0 Å². The zero-order chi connectivity index (χ0) is 25.7. The Morgan fingerprint density at radius 3 is 2.44 bits per heavy atom. The van der Waals surface area contributed by atoms with Crippen molar-refractivity contribution in [3.05, 3.63) is 88.2 Å². The van der Waals surface area contributed by atoms with Gasteiger partial charge in [-0.05, 0) is 74.1 Å². The van der Waals surface area contributed by atoms with Gasteiger partial charge in [-0.25, -0.2) is 4.39 Å². The SMILES string of the molecule is CC.CC(NC(=O)c1ccc2c3ccncc3c(=O)n(CCN3CCCC3)c2c1)c1ccc(F)cc1. The molecule has 0 bridgehead atoms. The molecule has 4 aromatic rings. The summed E-state index contributed by atoms with van der Waals surface area (Å²) in [5, 5.41) is 5.31. The lowest BCUT2D eigenvalue weighted by atomic mass is 10.0. The average molecular weight is 489 g/mol. The van der Waals surface area contributed by atoms with E-state index in [1.54, 1.807) is 41.2 Å². The molecule has 0 saturated carbocycles. The van der Waals surface area contributed by atoms with Gasteiger partial charge >= 0.3 is 0 Å². The van der Waals surface area contributed by atoms with E-state index in [-0.39, 0.29) is 23.3 Å². The number of carbonyl (C=O) groups excluding carboxylic acids is 1. The summed E-state index contributed by atoms with van der Waals surface area (Å²) in [5.41, 5.74) is 1.94. The Bertz CT molecular complexity index is 1410. The Labute approximate surface area is 210 Å². The van der Waals surface area contributed by atoms with E-state index in [0.29, 0.717) is 17.5 Å². The second-order valence-electron chi connectivity index (χ2n) is 8.91. The summed E-state index contributed by atoms with van der Waals surface area (Å²) in [7, 11) is 0. The largest absolute Gasteiger partial charge is 0.346 e. The van der Waals surface area contributed by atoms with Crippen LogP contribution in [0.4, 0.5) is 4.39 Å². The lowest BCUT2D eigenvalue weighted by molar-refractivity contribution is 0.0940. The fourth-order valence-electron chi connectivity index (χ4n) is 4.76. The minimum absolute atomic E-state index is 0.0907. The maximum Gasteiger partial charge on any atom is 0.260 e. The highest BCUT2D eigenvalue weighted by atomic mass is 19.1. The van der Waals surface area contributed by atoms with E-state index in [0.717, 1.165) is 41.5 Å². The molecule has 6 nitrogen and oxygen atoms in total. The number of halogens is 1. The Morgan fingerprint density at radius 2 is 1.72 bits per heavy atom. The maximum atomic E-state index is 13.4. The minimum atomic E-state index is -0.314. The van der Waals surface area contributed by atoms with E-state index in [9.17, 15) is 14.0 Å². The lowest BCUT2D eigenvalue weighted by Gasteiger charge is -2.19. The minimum Gasteiger partial charge on any atom is -0.346 e. The Morgan fingerprint density at radius 1 is 1.00 bits per heavy atom. The first kappa shape index (κ1) is 25.5. The van der Waals surface area contributed by atoms with Gasteiger partial charge in [-0.2, -0.15) is 0 Å². The second kappa shape index (κ2) is 11.4. The third-order valence-corrected chi connectivity index (χ3v) is 6.69. The summed E-state index contributed by atoms with van der Waals surface area (Å²) in [6.45, 7) is 9.31. The van der Waals surface area contributed by atoms with Gasteiger partial charge in [0.25, 0.3) is 11.5 Å². The number of aromatic nitrogens is 2. The van der Waals surface area contributed by atoms with Gasteiger partial charge < -0.3 is 14.8 Å². The van der Waals surface area contributed by atoms with Crippen LogP contribution < -0.4 is 10.9 Å². The van der Waals surface area contributed by atoms with Crippen molar-refractivity contribution in [2.45, 2.75) is 46.2 Å². The van der Waals surface area contributed by atoms with E-state index in [2.05, 4.69) is 15.2 Å². The number of carbonyl (C=O) groups is 1. The first-order valence-electron chi connectivity index (χ1n) is 12.7. The van der Waals surface area contributed by atoms with Crippen molar-refractivity contribution in [3.8, 4) is 0 Å². The monoisotopic (exact) mass is 488 g/mol. The third kappa shape index (κ3) is 5.31. The highest BCUT2D eigenvalue weighted by molar-refractivity contribution is 6.07. The molecule has 1 N–H and O–H groups in total. The number of pyridine rings is 2. The van der Waals surface area contributed by atoms with Crippen molar-refractivity contribution in [1.29, 1.82) is 0 Å². The molecule has 1 aliphatic heterocycles. The van der Waals surface area contributed by atoms with Gasteiger partial charge in [0.1, 0.15) is 5.82 Å². The van der Waals surface area contributed by atoms with Gasteiger partial charge in [-0.3, -0.25) is 14.6 Å². The molecule has 5 rings (SSSR count). The van der Waals surface area contributed by atoms with E-state index in [4.69, 9.17) is 0 Å². The Balaban J connectivity index is 0.00000148. The molecule has 36 heavy (non-hydrogen) atoms. The highest BCUT2D eigenvalue weighted by Gasteiger charge is 2.17. The second-order valence-corrected chi connectivity index (χ2v) is 8.91. The van der Waals surface area contributed by atoms with Gasteiger partial charge in [-0.1, -0.05) is 32.0 Å². The summed E-state index contributed by atoms with van der Waals surface area (Å²) < 4.78 is 15.0. The molecule has 1 unspecified atom stereocenters. The van der Waals surface area contributed by atoms with Crippen LogP contribution in [0.25, 0.3) is 21.7 Å². The molecule has 1 fully saturated rings. The van der Waals surface area contributed by atoms with Crippen LogP contribution in [0.5, 0.6) is 0 Å². The van der Waals surface area contributed by atoms with E-state index in [1.165, 1.54) is 25.0 Å². The van der Waals surface area contributed by atoms with Gasteiger partial charge in [-0.15, -0.1) is 0 Å². The van der Waals surface area contributed by atoms with Crippen molar-refractivity contribution in [3.63, 3.8) is 0 Å². The molecule has 1 aliphatic rings. The van der Waals surface area contributed by atoms with Crippen LogP contribution in [0, 0.1) is 5.82 Å². The molecule has 7 heteroatoms. The number of hydrogen-bond donors (Lipinski definition) is 1. The van der Waals surface area contributed by atoms with E-state index >= 15 is 0 Å². The van der Waals surface area contributed by atoms with E-state index in [1.807, 2.05) is 32.9 Å². The summed E-state index contributed by atoms with van der Waals surface area (Å²) in [6.07, 6.45) is 5.68. The number of nitrogens with one attached hydrogen (secondary N) is 1. The van der Waals surface area contributed by atoms with Crippen molar-refractivity contribution in [2.75, 3.05) is 19.6 Å². The fraction of sp³-hybridized carbons (Fsp3) is 0.345. The number of rotatable bonds is 6. The average Bonchev–Trinajstić information content (AvgIpc) is 3.43. The van der Waals surface area contributed by atoms with Crippen LogP contribution in [0.3, 0.4) is 0 Å². The maximum absolute atomic E-state index is 13.4. The van der Waals surface area contributed by atoms with Gasteiger partial charge in [0, 0.05) is 36.4 Å². The number of likely N-dealkylation sites (tertiary alicyclic amines) is 1. The molecule has 2 aromatic carbocycles. The number of fused-ring (bicyclic) bond motifs is 3. The van der Waals surface area contributed by atoms with Crippen LogP contribution in [0.1, 0.15) is 55.6 Å². The van der Waals surface area contributed by atoms with Crippen LogP contribution in [-0.2, 0) is 6.54 Å². The Hall–Kier alpha value is -3.58. The normalized spacial score (nSPS) is 14.4. The van der Waals surface area contributed by atoms with Gasteiger partial charge in [0.05, 0.1) is 16.9 Å². The molecule has 2 aromatic heterocycles. The summed E-state index contributed by atoms with van der Waals surface area (Å²) >= 11 is 0. The predicted octanol–water partition coefficient (Wildman–Crippen LogP) is 5.30. The molecule has 0 spiro atoms. The zero-order valence-electron chi connectivity index (χ0n) is 21.1. The van der Waals surface area contributed by atoms with Crippen LogP contribution >= 0.6 is 0 Å². The lowest BCUT2D eigenvalue weighted by Crippen LogP contribution is -2.30. The topological polar surface area (TPSA) is 67.2 Å². The zero-order valence-corrected chi connectivity index (χ0v) is 21.1. The van der Waals surface area contributed by atoms with Gasteiger partial charge in [0.15, 0.2) is 0 Å². The van der Waals surface area contributed by atoms with Crippen LogP contribution in [-0.4, -0.2) is 40.0 Å². The van der Waals surface area contributed by atoms with Crippen molar-refractivity contribution < 1.29 is 9.18 Å². The van der Waals surface area contributed by atoms with Crippen LogP contribution in [0.2, 0.25) is 0 Å². The summed E-state index contributed by atoms with van der Waals surface area (Å²) in [5.74, 6) is -0.557. The first-order chi connectivity index (χ1) is 17.5. The quantitative estimate of drug-likeness (QED) is 0.374. The third-order valence-electron chi connectivity index (χ3n) is 6.69. The fourth-order valence-corrected chi connectivity index (χ4v) is 4.76. The number of benzene rings is 2. The summed E-state index contributed by atoms with van der Waals surface area (Å²) in [6, 6.07) is 13.1. The number of hydrogen-bond acceptors (Lipinski definition) is 4. The molecule has 3 heterocycles. The number of nitrogens with zero attached hydrogens (tertiary/aromatic N) is 3. The van der Waals surface area contributed by atoms with E-state index < -0.39 is 0 Å². The molecule has 1 saturated heterocycles. The van der Waals surface area contributed by atoms with Crippen LogP contribution in [0.15, 0.2) is 65.7 Å². The smallest absolute Gasteiger partial charge is 0.260 e. The highest BCUT2D eigenvalue weighted by Crippen LogP contribution is 2.24. The molecule has 0 aliphatic carbocycles. The summed E-state index contributed by atoms with van der Waals surface area (Å²) in [4.78, 5) is 33.0. The molecular formula is C29H33FN4O2. The molecular weight excluding hydrogens is 455 g/mol. The standard InChI is InChI=1S/C27H27FN4O2.C2H6/c1-18(19-4-7-21(28)8-5-19)30-26(33)20-6-9-23-22-10-11-29-17-24(22)27(34)32(25(23)16-20)15-14-31-12-2-3-13-31;1-2/h4-11,16-18H,2-3,12-15H2,1H3,(H,30,33);1-2H3. The molecule has 0 radical (unpaired) electrons. The molecule has 1 atom stereocenters. The van der Waals surface area contributed by atoms with Crippen molar-refractivity contribution >= 4 is 27.6 Å². The van der Waals surface area contributed by atoms with Gasteiger partial charge in [0.2, 0.25) is 0 Å². The molecule has 1 amide bonds. The number of amides is 1. The predicted molar refractivity (Wildman–Crippen MR) is 143 cm³/mol. The Kier molecular flexibility index (Phi) is 8.10. The first-order valence-corrected chi connectivity index (χ1v) is 12.7. The van der Waals surface area contributed by atoms with Crippen molar-refractivity contribution in [1.82, 2.24) is 19.8 Å². The molecule has 188 valence electrons.